The fourth-order valence-electron chi connectivity index (χ4n) is 1.81. The van der Waals surface area contributed by atoms with Gasteiger partial charge in [0.15, 0.2) is 5.96 Å². The third-order valence-corrected chi connectivity index (χ3v) is 2.51. The summed E-state index contributed by atoms with van der Waals surface area (Å²) in [6, 6.07) is 3.32. The Hall–Kier alpha value is -2.24. The minimum absolute atomic E-state index is 0.393. The number of amides is 2. The Balaban J connectivity index is 3.15. The first-order valence-corrected chi connectivity index (χ1v) is 5.40. The van der Waals surface area contributed by atoms with E-state index in [1.165, 1.54) is 4.90 Å². The van der Waals surface area contributed by atoms with Gasteiger partial charge in [-0.15, -0.1) is 0 Å². The number of carbonyl (C=O) groups is 1. The Kier molecular flexibility index (Phi) is 4.14. The van der Waals surface area contributed by atoms with Gasteiger partial charge in [-0.2, -0.15) is 0 Å². The van der Waals surface area contributed by atoms with Gasteiger partial charge in [0.05, 0.1) is 12.8 Å². The van der Waals surface area contributed by atoms with E-state index < -0.39 is 12.0 Å². The van der Waals surface area contributed by atoms with Crippen molar-refractivity contribution in [2.24, 2.45) is 5.73 Å². The number of ether oxygens (including phenoxy) is 1. The van der Waals surface area contributed by atoms with Gasteiger partial charge in [0.2, 0.25) is 0 Å². The van der Waals surface area contributed by atoms with Gasteiger partial charge in [0, 0.05) is 7.05 Å². The second-order valence-electron chi connectivity index (χ2n) is 4.04. The van der Waals surface area contributed by atoms with Crippen molar-refractivity contribution in [3.8, 4) is 5.75 Å². The number of methoxy groups -OCH3 is 1. The van der Waals surface area contributed by atoms with Gasteiger partial charge in [-0.3, -0.25) is 15.6 Å². The summed E-state index contributed by atoms with van der Waals surface area (Å²) in [6.45, 7) is 3.84. The van der Waals surface area contributed by atoms with Crippen LogP contribution in [0.15, 0.2) is 12.1 Å². The minimum Gasteiger partial charge on any atom is -0.495 e. The maximum absolute atomic E-state index is 11.8. The maximum Gasteiger partial charge on any atom is 0.328 e. The molecule has 0 bridgehead atoms. The summed E-state index contributed by atoms with van der Waals surface area (Å²) >= 11 is 0. The number of guanidine groups is 1. The molecule has 0 aliphatic rings. The van der Waals surface area contributed by atoms with Crippen molar-refractivity contribution in [3.05, 3.63) is 23.3 Å². The molecule has 0 saturated carbocycles. The molecule has 0 aliphatic heterocycles. The first kappa shape index (κ1) is 13.8. The lowest BCUT2D eigenvalue weighted by Crippen LogP contribution is -2.44. The third-order valence-electron chi connectivity index (χ3n) is 2.51. The number of hydrogen-bond donors (Lipinski definition) is 3. The Morgan fingerprint density at radius 1 is 1.44 bits per heavy atom. The summed E-state index contributed by atoms with van der Waals surface area (Å²) in [5.41, 5.74) is 7.75. The van der Waals surface area contributed by atoms with E-state index in [9.17, 15) is 4.79 Å². The average molecular weight is 250 g/mol. The summed E-state index contributed by atoms with van der Waals surface area (Å²) in [6.07, 6.45) is 0. The van der Waals surface area contributed by atoms with Crippen molar-refractivity contribution >= 4 is 17.7 Å². The highest BCUT2D eigenvalue weighted by Crippen LogP contribution is 2.32. The number of nitrogens with one attached hydrogen (secondary N) is 2. The zero-order chi connectivity index (χ0) is 13.9. The lowest BCUT2D eigenvalue weighted by Gasteiger charge is -2.22. The standard InChI is InChI=1S/C12H18N4O2/c1-7-5-8(2)10(9(6-7)18-4)16(3)12(17)15-11(13)14/h5-6H,1-4H3,(H4,13,14,15,17). The molecule has 0 heterocycles. The predicted octanol–water partition coefficient (Wildman–Crippen LogP) is 1.35. The van der Waals surface area contributed by atoms with E-state index >= 15 is 0 Å². The number of benzene rings is 1. The van der Waals surface area contributed by atoms with Crippen LogP contribution in [0.1, 0.15) is 11.1 Å². The topological polar surface area (TPSA) is 91.4 Å². The largest absolute Gasteiger partial charge is 0.495 e. The molecule has 0 atom stereocenters. The molecule has 1 aromatic rings. The van der Waals surface area contributed by atoms with Crippen LogP contribution in [0.2, 0.25) is 0 Å². The first-order chi connectivity index (χ1) is 8.36. The zero-order valence-electron chi connectivity index (χ0n) is 11.0. The normalized spacial score (nSPS) is 9.78. The number of urea groups is 1. The number of aryl methyl sites for hydroxylation is 2. The highest BCUT2D eigenvalue weighted by atomic mass is 16.5. The fourth-order valence-corrected chi connectivity index (χ4v) is 1.81. The molecule has 0 saturated heterocycles. The first-order valence-electron chi connectivity index (χ1n) is 5.40. The molecule has 0 radical (unpaired) electrons. The lowest BCUT2D eigenvalue weighted by atomic mass is 10.1. The van der Waals surface area contributed by atoms with Crippen molar-refractivity contribution in [2.45, 2.75) is 13.8 Å². The predicted molar refractivity (Wildman–Crippen MR) is 71.3 cm³/mol. The molecule has 1 aromatic carbocycles. The van der Waals surface area contributed by atoms with Crippen molar-refractivity contribution in [1.29, 1.82) is 5.41 Å². The van der Waals surface area contributed by atoms with Crippen LogP contribution in [0.3, 0.4) is 0 Å². The Labute approximate surface area is 106 Å². The molecule has 1 rings (SSSR count). The van der Waals surface area contributed by atoms with Gasteiger partial charge < -0.3 is 10.5 Å². The quantitative estimate of drug-likeness (QED) is 0.546. The highest BCUT2D eigenvalue weighted by molar-refractivity contribution is 6.03. The summed E-state index contributed by atoms with van der Waals surface area (Å²) in [5, 5.41) is 9.28. The summed E-state index contributed by atoms with van der Waals surface area (Å²) < 4.78 is 5.28. The van der Waals surface area contributed by atoms with E-state index in [2.05, 4.69) is 5.32 Å². The van der Waals surface area contributed by atoms with E-state index in [-0.39, 0.29) is 0 Å². The van der Waals surface area contributed by atoms with E-state index in [1.807, 2.05) is 26.0 Å². The molecule has 98 valence electrons. The van der Waals surface area contributed by atoms with Gasteiger partial charge in [0.25, 0.3) is 0 Å². The van der Waals surface area contributed by atoms with Crippen molar-refractivity contribution in [3.63, 3.8) is 0 Å². The van der Waals surface area contributed by atoms with Gasteiger partial charge in [-0.25, -0.2) is 4.79 Å². The van der Waals surface area contributed by atoms with E-state index in [0.29, 0.717) is 11.4 Å². The van der Waals surface area contributed by atoms with Crippen LogP contribution in [0.5, 0.6) is 5.75 Å². The van der Waals surface area contributed by atoms with Crippen LogP contribution in [-0.4, -0.2) is 26.1 Å². The van der Waals surface area contributed by atoms with Crippen LogP contribution in [0.4, 0.5) is 10.5 Å². The number of carbonyl (C=O) groups excluding carboxylic acids is 1. The lowest BCUT2D eigenvalue weighted by molar-refractivity contribution is 0.251. The molecule has 4 N–H and O–H groups in total. The number of anilines is 1. The minimum atomic E-state index is -0.479. The monoisotopic (exact) mass is 250 g/mol. The van der Waals surface area contributed by atoms with Gasteiger partial charge in [0.1, 0.15) is 5.75 Å². The van der Waals surface area contributed by atoms with Crippen LogP contribution < -0.4 is 20.7 Å². The average Bonchev–Trinajstić information content (AvgIpc) is 2.26. The second kappa shape index (κ2) is 5.39. The van der Waals surface area contributed by atoms with Crippen molar-refractivity contribution in [1.82, 2.24) is 5.32 Å². The second-order valence-corrected chi connectivity index (χ2v) is 4.04. The van der Waals surface area contributed by atoms with E-state index in [1.54, 1.807) is 14.2 Å². The molecule has 0 fully saturated rings. The van der Waals surface area contributed by atoms with Crippen molar-refractivity contribution < 1.29 is 9.53 Å². The van der Waals surface area contributed by atoms with E-state index in [0.717, 1.165) is 11.1 Å². The van der Waals surface area contributed by atoms with Crippen LogP contribution >= 0.6 is 0 Å². The highest BCUT2D eigenvalue weighted by Gasteiger charge is 2.18. The van der Waals surface area contributed by atoms with Gasteiger partial charge >= 0.3 is 6.03 Å². The Bertz CT molecular complexity index is 485. The SMILES string of the molecule is COc1cc(C)cc(C)c1N(C)C(=O)NC(=N)N. The molecular weight excluding hydrogens is 232 g/mol. The molecule has 18 heavy (non-hydrogen) atoms. The maximum atomic E-state index is 11.8. The van der Waals surface area contributed by atoms with Gasteiger partial charge in [-0.1, -0.05) is 6.07 Å². The zero-order valence-corrected chi connectivity index (χ0v) is 11.0. The van der Waals surface area contributed by atoms with Crippen LogP contribution in [-0.2, 0) is 0 Å². The summed E-state index contributed by atoms with van der Waals surface area (Å²) in [4.78, 5) is 13.2. The van der Waals surface area contributed by atoms with Crippen molar-refractivity contribution in [2.75, 3.05) is 19.1 Å². The fraction of sp³-hybridized carbons (Fsp3) is 0.333. The molecular formula is C12H18N4O2. The number of nitrogens with two attached hydrogens (primary N) is 1. The molecule has 0 spiro atoms. The smallest absolute Gasteiger partial charge is 0.328 e. The molecule has 0 aliphatic carbocycles. The number of nitrogens with zero attached hydrogens (tertiary/aromatic N) is 1. The molecule has 2 amide bonds. The number of hydrogen-bond acceptors (Lipinski definition) is 3. The molecule has 6 nitrogen and oxygen atoms in total. The molecule has 6 heteroatoms. The Morgan fingerprint density at radius 2 is 2.06 bits per heavy atom. The van der Waals surface area contributed by atoms with E-state index in [4.69, 9.17) is 15.9 Å². The third kappa shape index (κ3) is 2.91. The molecule has 0 aromatic heterocycles. The van der Waals surface area contributed by atoms with Crippen LogP contribution in [0, 0.1) is 19.3 Å². The summed E-state index contributed by atoms with van der Waals surface area (Å²) in [5.74, 6) is 0.212. The Morgan fingerprint density at radius 3 is 2.56 bits per heavy atom. The number of rotatable bonds is 2. The van der Waals surface area contributed by atoms with Crippen LogP contribution in [0.25, 0.3) is 0 Å². The summed E-state index contributed by atoms with van der Waals surface area (Å²) in [7, 11) is 3.15. The van der Waals surface area contributed by atoms with Gasteiger partial charge in [-0.05, 0) is 31.0 Å². The molecule has 0 unspecified atom stereocenters.